The molecule has 178 valence electrons. The molecule has 0 saturated heterocycles. The normalized spacial score (nSPS) is 13.5. The zero-order valence-corrected chi connectivity index (χ0v) is 19.7. The van der Waals surface area contributed by atoms with Gasteiger partial charge in [-0.05, 0) is 17.2 Å². The number of rotatable bonds is 8. The van der Waals surface area contributed by atoms with Crippen LogP contribution < -0.4 is 4.74 Å². The van der Waals surface area contributed by atoms with Crippen LogP contribution in [0.15, 0.2) is 108 Å². The summed E-state index contributed by atoms with van der Waals surface area (Å²) in [4.78, 5) is 27.7. The van der Waals surface area contributed by atoms with Gasteiger partial charge in [-0.15, -0.1) is 0 Å². The molecule has 0 atom stereocenters. The molecule has 3 aromatic rings. The molecule has 3 aromatic carbocycles. The quantitative estimate of drug-likeness (QED) is 0.434. The number of esters is 2. The summed E-state index contributed by atoms with van der Waals surface area (Å²) in [5.41, 5.74) is 3.35. The van der Waals surface area contributed by atoms with Crippen LogP contribution in [0.25, 0.3) is 0 Å². The first-order valence-corrected chi connectivity index (χ1v) is 11.3. The van der Waals surface area contributed by atoms with E-state index in [4.69, 9.17) is 14.2 Å². The molecule has 1 heterocycles. The highest BCUT2D eigenvalue weighted by Crippen LogP contribution is 2.41. The Hall–Kier alpha value is -4.32. The van der Waals surface area contributed by atoms with E-state index in [1.807, 2.05) is 84.9 Å². The predicted octanol–water partition coefficient (Wildman–Crippen LogP) is 4.98. The van der Waals surface area contributed by atoms with Gasteiger partial charge in [-0.2, -0.15) is 0 Å². The molecule has 1 aliphatic heterocycles. The molecular weight excluding hydrogens is 442 g/mol. The Bertz CT molecular complexity index is 1200. The standard InChI is InChI=1S/C29H27NO5/c1-33-28(31)24-18-30(17-21-11-5-3-6-12-21)19-25(29(32)34-2)27(24)23-15-9-10-16-26(23)35-20-22-13-7-4-8-14-22/h3-16,18-19,27H,17,20H2,1-2H3. The van der Waals surface area contributed by atoms with Crippen molar-refractivity contribution in [2.45, 2.75) is 19.1 Å². The maximum absolute atomic E-state index is 13.0. The molecule has 6 nitrogen and oxygen atoms in total. The summed E-state index contributed by atoms with van der Waals surface area (Å²) >= 11 is 0. The van der Waals surface area contributed by atoms with Gasteiger partial charge in [-0.1, -0.05) is 78.9 Å². The van der Waals surface area contributed by atoms with E-state index in [2.05, 4.69) is 0 Å². The minimum Gasteiger partial charge on any atom is -0.489 e. The van der Waals surface area contributed by atoms with Crippen molar-refractivity contribution in [3.63, 3.8) is 0 Å². The third-order valence-electron chi connectivity index (χ3n) is 5.75. The molecule has 0 fully saturated rings. The summed E-state index contributed by atoms with van der Waals surface area (Å²) in [6, 6.07) is 27.0. The van der Waals surface area contributed by atoms with Crippen molar-refractivity contribution < 1.29 is 23.8 Å². The lowest BCUT2D eigenvalue weighted by molar-refractivity contribution is -0.137. The fourth-order valence-electron chi connectivity index (χ4n) is 4.09. The number of ether oxygens (including phenoxy) is 3. The van der Waals surface area contributed by atoms with E-state index in [-0.39, 0.29) is 0 Å². The summed E-state index contributed by atoms with van der Waals surface area (Å²) in [5.74, 6) is -1.20. The van der Waals surface area contributed by atoms with Crippen molar-refractivity contribution in [2.24, 2.45) is 0 Å². The minimum absolute atomic E-state index is 0.321. The number of methoxy groups -OCH3 is 2. The Balaban J connectivity index is 1.74. The fourth-order valence-corrected chi connectivity index (χ4v) is 4.09. The molecule has 0 aliphatic carbocycles. The maximum Gasteiger partial charge on any atom is 0.336 e. The number of para-hydroxylation sites is 1. The third kappa shape index (κ3) is 5.61. The molecule has 4 rings (SSSR count). The van der Waals surface area contributed by atoms with Crippen molar-refractivity contribution in [3.8, 4) is 5.75 Å². The van der Waals surface area contributed by atoms with Crippen molar-refractivity contribution >= 4 is 11.9 Å². The summed E-state index contributed by atoms with van der Waals surface area (Å²) in [6.45, 7) is 0.819. The molecule has 35 heavy (non-hydrogen) atoms. The topological polar surface area (TPSA) is 65.1 Å². The van der Waals surface area contributed by atoms with Crippen LogP contribution in [0.1, 0.15) is 22.6 Å². The highest BCUT2D eigenvalue weighted by atomic mass is 16.5. The Morgan fingerprint density at radius 2 is 1.23 bits per heavy atom. The average Bonchev–Trinajstić information content (AvgIpc) is 2.92. The lowest BCUT2D eigenvalue weighted by Gasteiger charge is -2.31. The predicted molar refractivity (Wildman–Crippen MR) is 132 cm³/mol. The molecule has 0 amide bonds. The van der Waals surface area contributed by atoms with Crippen LogP contribution in [0.2, 0.25) is 0 Å². The van der Waals surface area contributed by atoms with Crippen LogP contribution in [-0.2, 0) is 32.2 Å². The van der Waals surface area contributed by atoms with Gasteiger partial charge >= 0.3 is 11.9 Å². The molecule has 0 aromatic heterocycles. The van der Waals surface area contributed by atoms with Gasteiger partial charge < -0.3 is 19.1 Å². The van der Waals surface area contributed by atoms with Crippen molar-refractivity contribution in [1.29, 1.82) is 0 Å². The number of carbonyl (C=O) groups is 2. The Morgan fingerprint density at radius 1 is 0.714 bits per heavy atom. The fraction of sp³-hybridized carbons (Fsp3) is 0.172. The van der Waals surface area contributed by atoms with E-state index in [0.29, 0.717) is 35.6 Å². The minimum atomic E-state index is -0.714. The van der Waals surface area contributed by atoms with Crippen molar-refractivity contribution in [1.82, 2.24) is 4.90 Å². The molecule has 0 unspecified atom stereocenters. The number of hydrogen-bond donors (Lipinski definition) is 0. The van der Waals surface area contributed by atoms with Gasteiger partial charge in [0.15, 0.2) is 0 Å². The average molecular weight is 470 g/mol. The second-order valence-corrected chi connectivity index (χ2v) is 8.06. The van der Waals surface area contributed by atoms with E-state index >= 15 is 0 Å². The van der Waals surface area contributed by atoms with Crippen molar-refractivity contribution in [2.75, 3.05) is 14.2 Å². The van der Waals surface area contributed by atoms with E-state index in [0.717, 1.165) is 11.1 Å². The van der Waals surface area contributed by atoms with Crippen molar-refractivity contribution in [3.05, 3.63) is 125 Å². The molecule has 6 heteroatoms. The molecule has 0 N–H and O–H groups in total. The number of hydrogen-bond acceptors (Lipinski definition) is 6. The van der Waals surface area contributed by atoms with Gasteiger partial charge in [0.2, 0.25) is 0 Å². The maximum atomic E-state index is 13.0. The van der Waals surface area contributed by atoms with E-state index in [1.54, 1.807) is 17.3 Å². The number of carbonyl (C=O) groups excluding carboxylic acids is 2. The van der Waals surface area contributed by atoms with Crippen LogP contribution in [-0.4, -0.2) is 31.1 Å². The molecule has 1 aliphatic rings. The van der Waals surface area contributed by atoms with Crippen LogP contribution in [0, 0.1) is 0 Å². The molecule has 0 spiro atoms. The van der Waals surface area contributed by atoms with Crippen LogP contribution in [0.5, 0.6) is 5.75 Å². The SMILES string of the molecule is COC(=O)C1=CN(Cc2ccccc2)C=C(C(=O)OC)C1c1ccccc1OCc1ccccc1. The van der Waals surface area contributed by atoms with Crippen LogP contribution in [0.4, 0.5) is 0 Å². The largest absolute Gasteiger partial charge is 0.489 e. The van der Waals surface area contributed by atoms with Gasteiger partial charge in [0.05, 0.1) is 31.3 Å². The molecule has 0 radical (unpaired) electrons. The molecule has 0 saturated carbocycles. The second kappa shape index (κ2) is 11.2. The zero-order valence-electron chi connectivity index (χ0n) is 19.7. The highest BCUT2D eigenvalue weighted by Gasteiger charge is 2.36. The number of nitrogens with zero attached hydrogens (tertiary/aromatic N) is 1. The Morgan fingerprint density at radius 3 is 1.80 bits per heavy atom. The number of benzene rings is 3. The van der Waals surface area contributed by atoms with E-state index in [1.165, 1.54) is 14.2 Å². The van der Waals surface area contributed by atoms with Gasteiger partial charge in [0.25, 0.3) is 0 Å². The third-order valence-corrected chi connectivity index (χ3v) is 5.75. The summed E-state index contributed by atoms with van der Waals surface area (Å²) in [6.07, 6.45) is 3.45. The first kappa shape index (κ1) is 23.8. The summed E-state index contributed by atoms with van der Waals surface area (Å²) in [7, 11) is 2.66. The van der Waals surface area contributed by atoms with Crippen LogP contribution in [0.3, 0.4) is 0 Å². The van der Waals surface area contributed by atoms with E-state index < -0.39 is 17.9 Å². The Kier molecular flexibility index (Phi) is 7.63. The first-order chi connectivity index (χ1) is 17.1. The van der Waals surface area contributed by atoms with Gasteiger partial charge in [-0.3, -0.25) is 0 Å². The lowest BCUT2D eigenvalue weighted by atomic mass is 9.82. The highest BCUT2D eigenvalue weighted by molar-refractivity contribution is 5.98. The monoisotopic (exact) mass is 469 g/mol. The summed E-state index contributed by atoms with van der Waals surface area (Å²) < 4.78 is 16.4. The lowest BCUT2D eigenvalue weighted by Crippen LogP contribution is -2.29. The summed E-state index contributed by atoms with van der Waals surface area (Å²) in [5, 5.41) is 0. The zero-order chi connectivity index (χ0) is 24.6. The molecule has 0 bridgehead atoms. The second-order valence-electron chi connectivity index (χ2n) is 8.06. The first-order valence-electron chi connectivity index (χ1n) is 11.3. The van der Waals surface area contributed by atoms with Gasteiger partial charge in [-0.25, -0.2) is 9.59 Å². The van der Waals surface area contributed by atoms with Crippen LogP contribution >= 0.6 is 0 Å². The van der Waals surface area contributed by atoms with Gasteiger partial charge in [0, 0.05) is 24.5 Å². The van der Waals surface area contributed by atoms with Gasteiger partial charge in [0.1, 0.15) is 12.4 Å². The molecular formula is C29H27NO5. The Labute approximate surface area is 205 Å². The van der Waals surface area contributed by atoms with E-state index in [9.17, 15) is 9.59 Å². The smallest absolute Gasteiger partial charge is 0.336 e.